The van der Waals surface area contributed by atoms with Gasteiger partial charge in [0.25, 0.3) is 0 Å². The molecule has 0 atom stereocenters. The van der Waals surface area contributed by atoms with Gasteiger partial charge >= 0.3 is 0 Å². The maximum absolute atomic E-state index is 11.5. The van der Waals surface area contributed by atoms with Crippen LogP contribution >= 0.6 is 11.6 Å². The summed E-state index contributed by atoms with van der Waals surface area (Å²) in [6.07, 6.45) is 0.556. The first-order valence-electron chi connectivity index (χ1n) is 5.33. The fourth-order valence-electron chi connectivity index (χ4n) is 1.58. The highest BCUT2D eigenvalue weighted by atomic mass is 35.5. The lowest BCUT2D eigenvalue weighted by molar-refractivity contribution is -0.126. The SMILES string of the molecule is O=C(CC1COC1)NCc1cccc(Cl)c1. The molecule has 0 radical (unpaired) electrons. The number of ether oxygens (including phenoxy) is 1. The van der Waals surface area contributed by atoms with Crippen molar-refractivity contribution in [1.29, 1.82) is 0 Å². The van der Waals surface area contributed by atoms with Gasteiger partial charge in [-0.15, -0.1) is 0 Å². The third kappa shape index (κ3) is 3.22. The molecule has 0 saturated carbocycles. The summed E-state index contributed by atoms with van der Waals surface area (Å²) in [4.78, 5) is 11.5. The first kappa shape index (κ1) is 11.4. The highest BCUT2D eigenvalue weighted by molar-refractivity contribution is 6.30. The predicted octanol–water partition coefficient (Wildman–Crippen LogP) is 1.99. The van der Waals surface area contributed by atoms with E-state index in [1.807, 2.05) is 24.3 Å². The number of rotatable bonds is 4. The summed E-state index contributed by atoms with van der Waals surface area (Å²) in [7, 11) is 0. The van der Waals surface area contributed by atoms with Crippen LogP contribution in [0.1, 0.15) is 12.0 Å². The summed E-state index contributed by atoms with van der Waals surface area (Å²) in [5, 5.41) is 3.57. The average molecular weight is 240 g/mol. The molecule has 1 amide bonds. The fraction of sp³-hybridized carbons (Fsp3) is 0.417. The molecule has 1 aromatic rings. The molecule has 1 saturated heterocycles. The van der Waals surface area contributed by atoms with Gasteiger partial charge in [-0.3, -0.25) is 4.79 Å². The van der Waals surface area contributed by atoms with Gasteiger partial charge in [0, 0.05) is 23.9 Å². The van der Waals surface area contributed by atoms with Crippen molar-refractivity contribution < 1.29 is 9.53 Å². The van der Waals surface area contributed by atoms with Gasteiger partial charge in [-0.05, 0) is 17.7 Å². The molecule has 0 unspecified atom stereocenters. The third-order valence-electron chi connectivity index (χ3n) is 2.56. The molecule has 1 aliphatic heterocycles. The maximum atomic E-state index is 11.5. The molecule has 1 aliphatic rings. The summed E-state index contributed by atoms with van der Waals surface area (Å²) in [6, 6.07) is 7.50. The molecule has 1 fully saturated rings. The minimum atomic E-state index is 0.0771. The van der Waals surface area contributed by atoms with Crippen molar-refractivity contribution >= 4 is 17.5 Å². The molecular formula is C12H14ClNO2. The Hall–Kier alpha value is -1.06. The molecule has 0 aliphatic carbocycles. The maximum Gasteiger partial charge on any atom is 0.220 e. The Kier molecular flexibility index (Phi) is 3.80. The lowest BCUT2D eigenvalue weighted by atomic mass is 10.0. The van der Waals surface area contributed by atoms with Crippen molar-refractivity contribution in [2.24, 2.45) is 5.92 Å². The summed E-state index contributed by atoms with van der Waals surface area (Å²) >= 11 is 5.85. The highest BCUT2D eigenvalue weighted by Gasteiger charge is 2.21. The zero-order chi connectivity index (χ0) is 11.4. The van der Waals surface area contributed by atoms with E-state index in [9.17, 15) is 4.79 Å². The van der Waals surface area contributed by atoms with Crippen LogP contribution in [-0.4, -0.2) is 19.1 Å². The first-order chi connectivity index (χ1) is 7.74. The lowest BCUT2D eigenvalue weighted by Crippen LogP contribution is -2.34. The molecule has 16 heavy (non-hydrogen) atoms. The van der Waals surface area contributed by atoms with Crippen molar-refractivity contribution in [3.8, 4) is 0 Å². The highest BCUT2D eigenvalue weighted by Crippen LogP contribution is 2.14. The zero-order valence-corrected chi connectivity index (χ0v) is 9.67. The number of hydrogen-bond acceptors (Lipinski definition) is 2. The van der Waals surface area contributed by atoms with E-state index in [1.54, 1.807) is 0 Å². The summed E-state index contributed by atoms with van der Waals surface area (Å²) in [6.45, 7) is 1.96. The van der Waals surface area contributed by atoms with Gasteiger partial charge in [-0.2, -0.15) is 0 Å². The lowest BCUT2D eigenvalue weighted by Gasteiger charge is -2.25. The summed E-state index contributed by atoms with van der Waals surface area (Å²) in [5.74, 6) is 0.479. The largest absolute Gasteiger partial charge is 0.381 e. The number of halogens is 1. The van der Waals surface area contributed by atoms with Gasteiger partial charge < -0.3 is 10.1 Å². The molecule has 86 valence electrons. The number of nitrogens with one attached hydrogen (secondary N) is 1. The van der Waals surface area contributed by atoms with Crippen molar-refractivity contribution in [3.05, 3.63) is 34.9 Å². The Balaban J connectivity index is 1.75. The van der Waals surface area contributed by atoms with Crippen molar-refractivity contribution in [1.82, 2.24) is 5.32 Å². The van der Waals surface area contributed by atoms with Crippen LogP contribution in [0.3, 0.4) is 0 Å². The van der Waals surface area contributed by atoms with E-state index in [0.717, 1.165) is 5.56 Å². The standard InChI is InChI=1S/C12H14ClNO2/c13-11-3-1-2-9(4-11)6-14-12(15)5-10-7-16-8-10/h1-4,10H,5-8H2,(H,14,15). The minimum absolute atomic E-state index is 0.0771. The first-order valence-corrected chi connectivity index (χ1v) is 5.71. The Morgan fingerprint density at radius 1 is 1.50 bits per heavy atom. The van der Waals surface area contributed by atoms with E-state index in [1.165, 1.54) is 0 Å². The molecule has 1 aromatic carbocycles. The molecule has 0 aromatic heterocycles. The van der Waals surface area contributed by atoms with Crippen molar-refractivity contribution in [2.75, 3.05) is 13.2 Å². The number of carbonyl (C=O) groups is 1. The Labute approximate surface area is 99.7 Å². The normalized spacial score (nSPS) is 15.6. The van der Waals surface area contributed by atoms with Crippen LogP contribution in [0.25, 0.3) is 0 Å². The van der Waals surface area contributed by atoms with Gasteiger partial charge in [0.05, 0.1) is 13.2 Å². The summed E-state index contributed by atoms with van der Waals surface area (Å²) < 4.78 is 5.02. The van der Waals surface area contributed by atoms with Crippen LogP contribution in [0.4, 0.5) is 0 Å². The second kappa shape index (κ2) is 5.32. The Morgan fingerprint density at radius 2 is 2.31 bits per heavy atom. The monoisotopic (exact) mass is 239 g/mol. The van der Waals surface area contributed by atoms with Crippen LogP contribution in [0.2, 0.25) is 5.02 Å². The molecule has 1 heterocycles. The molecule has 0 spiro atoms. The molecule has 2 rings (SSSR count). The van der Waals surface area contributed by atoms with Crippen LogP contribution in [0.15, 0.2) is 24.3 Å². The number of carbonyl (C=O) groups excluding carboxylic acids is 1. The quantitative estimate of drug-likeness (QED) is 0.873. The van der Waals surface area contributed by atoms with Gasteiger partial charge in [-0.1, -0.05) is 23.7 Å². The number of hydrogen-bond donors (Lipinski definition) is 1. The molecule has 3 nitrogen and oxygen atoms in total. The van der Waals surface area contributed by atoms with E-state index < -0.39 is 0 Å². The molecule has 1 N–H and O–H groups in total. The van der Waals surface area contributed by atoms with Crippen LogP contribution in [0, 0.1) is 5.92 Å². The smallest absolute Gasteiger partial charge is 0.220 e. The fourth-order valence-corrected chi connectivity index (χ4v) is 1.80. The van der Waals surface area contributed by atoms with Gasteiger partial charge in [-0.25, -0.2) is 0 Å². The van der Waals surface area contributed by atoms with Gasteiger partial charge in [0.15, 0.2) is 0 Å². The van der Waals surface area contributed by atoms with E-state index in [-0.39, 0.29) is 5.91 Å². The summed E-state index contributed by atoms with van der Waals surface area (Å²) in [5.41, 5.74) is 1.02. The molecular weight excluding hydrogens is 226 g/mol. The van der Waals surface area contributed by atoms with E-state index >= 15 is 0 Å². The topological polar surface area (TPSA) is 38.3 Å². The van der Waals surface area contributed by atoms with Crippen LogP contribution < -0.4 is 5.32 Å². The van der Waals surface area contributed by atoms with E-state index in [2.05, 4.69) is 5.32 Å². The Bertz CT molecular complexity index is 377. The average Bonchev–Trinajstić information content (AvgIpc) is 2.21. The minimum Gasteiger partial charge on any atom is -0.381 e. The van der Waals surface area contributed by atoms with Crippen molar-refractivity contribution in [2.45, 2.75) is 13.0 Å². The second-order valence-electron chi connectivity index (χ2n) is 4.01. The molecule has 4 heteroatoms. The second-order valence-corrected chi connectivity index (χ2v) is 4.45. The number of benzene rings is 1. The molecule has 0 bridgehead atoms. The van der Waals surface area contributed by atoms with Crippen molar-refractivity contribution in [3.63, 3.8) is 0 Å². The zero-order valence-electron chi connectivity index (χ0n) is 8.91. The van der Waals surface area contributed by atoms with Crippen LogP contribution in [0.5, 0.6) is 0 Å². The third-order valence-corrected chi connectivity index (χ3v) is 2.79. The van der Waals surface area contributed by atoms with E-state index in [0.29, 0.717) is 37.1 Å². The predicted molar refractivity (Wildman–Crippen MR) is 62.2 cm³/mol. The van der Waals surface area contributed by atoms with E-state index in [4.69, 9.17) is 16.3 Å². The van der Waals surface area contributed by atoms with Gasteiger partial charge in [0.2, 0.25) is 5.91 Å². The van der Waals surface area contributed by atoms with Gasteiger partial charge in [0.1, 0.15) is 0 Å². The Morgan fingerprint density at radius 3 is 2.94 bits per heavy atom. The van der Waals surface area contributed by atoms with Crippen LogP contribution in [-0.2, 0) is 16.1 Å². The number of amides is 1.